The second-order valence-corrected chi connectivity index (χ2v) is 5.68. The lowest BCUT2D eigenvalue weighted by molar-refractivity contribution is 0.0886. The van der Waals surface area contributed by atoms with Crippen LogP contribution in [0, 0.1) is 5.82 Å². The number of aromatic nitrogens is 1. The summed E-state index contributed by atoms with van der Waals surface area (Å²) < 4.78 is 13.2. The topological polar surface area (TPSA) is 111 Å². The van der Waals surface area contributed by atoms with Gasteiger partial charge in [-0.1, -0.05) is 0 Å². The van der Waals surface area contributed by atoms with Crippen LogP contribution in [0.3, 0.4) is 0 Å². The zero-order valence-corrected chi connectivity index (χ0v) is 12.3. The van der Waals surface area contributed by atoms with E-state index in [0.29, 0.717) is 29.6 Å². The first-order valence-electron chi connectivity index (χ1n) is 7.26. The molecule has 0 bridgehead atoms. The van der Waals surface area contributed by atoms with Gasteiger partial charge in [-0.25, -0.2) is 9.18 Å². The summed E-state index contributed by atoms with van der Waals surface area (Å²) in [6, 6.07) is 5.04. The van der Waals surface area contributed by atoms with Gasteiger partial charge in [0.15, 0.2) is 0 Å². The zero-order valence-electron chi connectivity index (χ0n) is 12.3. The molecule has 3 rings (SSSR count). The molecule has 122 valence electrons. The number of carboxylic acid groups (broad SMARTS) is 1. The van der Waals surface area contributed by atoms with Gasteiger partial charge in [0.05, 0.1) is 0 Å². The standard InChI is InChI=1S/C15H17FN4O3/c16-9-1-2-11-8(5-9)6-13(18-11)14(21)19-12-3-4-20(15(22)23)7-10(12)17/h1-2,5-6,10,12,18H,3-4,7,17H2,(H,19,21)(H,22,23)/t10-,12+/m1/s1. The van der Waals surface area contributed by atoms with Crippen molar-refractivity contribution in [2.24, 2.45) is 5.73 Å². The van der Waals surface area contributed by atoms with Crippen molar-refractivity contribution < 1.29 is 19.1 Å². The van der Waals surface area contributed by atoms with Crippen LogP contribution in [0.4, 0.5) is 9.18 Å². The van der Waals surface area contributed by atoms with Gasteiger partial charge in [0.1, 0.15) is 11.5 Å². The van der Waals surface area contributed by atoms with Crippen molar-refractivity contribution in [2.45, 2.75) is 18.5 Å². The molecule has 0 radical (unpaired) electrons. The Kier molecular flexibility index (Phi) is 3.91. The Balaban J connectivity index is 1.69. The molecule has 5 N–H and O–H groups in total. The highest BCUT2D eigenvalue weighted by Crippen LogP contribution is 2.17. The number of nitrogens with zero attached hydrogens (tertiary/aromatic N) is 1. The molecule has 8 heteroatoms. The number of nitrogens with two attached hydrogens (primary N) is 1. The molecule has 1 aromatic carbocycles. The maximum Gasteiger partial charge on any atom is 0.407 e. The maximum atomic E-state index is 13.2. The van der Waals surface area contributed by atoms with Gasteiger partial charge in [0.2, 0.25) is 0 Å². The second-order valence-electron chi connectivity index (χ2n) is 5.68. The van der Waals surface area contributed by atoms with Gasteiger partial charge in [-0.3, -0.25) is 4.79 Å². The molecule has 2 atom stereocenters. The summed E-state index contributed by atoms with van der Waals surface area (Å²) in [7, 11) is 0. The number of likely N-dealkylation sites (tertiary alicyclic amines) is 1. The molecule has 1 aliphatic heterocycles. The number of benzene rings is 1. The van der Waals surface area contributed by atoms with E-state index in [1.54, 1.807) is 12.1 Å². The fourth-order valence-electron chi connectivity index (χ4n) is 2.81. The summed E-state index contributed by atoms with van der Waals surface area (Å²) in [6.07, 6.45) is -0.559. The summed E-state index contributed by atoms with van der Waals surface area (Å²) in [5.74, 6) is -0.711. The predicted molar refractivity (Wildman–Crippen MR) is 81.7 cm³/mol. The number of halogens is 1. The maximum absolute atomic E-state index is 13.2. The van der Waals surface area contributed by atoms with Gasteiger partial charge in [-0.05, 0) is 30.7 Å². The third-order valence-electron chi connectivity index (χ3n) is 4.07. The second kappa shape index (κ2) is 5.88. The molecule has 2 heterocycles. The number of rotatable bonds is 2. The van der Waals surface area contributed by atoms with E-state index in [4.69, 9.17) is 10.8 Å². The number of nitrogens with one attached hydrogen (secondary N) is 2. The van der Waals surface area contributed by atoms with E-state index in [-0.39, 0.29) is 24.3 Å². The number of piperidine rings is 1. The van der Waals surface area contributed by atoms with Gasteiger partial charge in [-0.2, -0.15) is 0 Å². The molecule has 2 aromatic rings. The minimum Gasteiger partial charge on any atom is -0.465 e. The summed E-state index contributed by atoms with van der Waals surface area (Å²) in [5, 5.41) is 12.4. The van der Waals surface area contributed by atoms with Crippen molar-refractivity contribution in [3.05, 3.63) is 35.8 Å². The summed E-state index contributed by atoms with van der Waals surface area (Å²) in [4.78, 5) is 27.4. The average Bonchev–Trinajstić information content (AvgIpc) is 2.92. The van der Waals surface area contributed by atoms with Crippen LogP contribution in [0.15, 0.2) is 24.3 Å². The Labute approximate surface area is 131 Å². The van der Waals surface area contributed by atoms with Crippen molar-refractivity contribution in [2.75, 3.05) is 13.1 Å². The van der Waals surface area contributed by atoms with E-state index in [0.717, 1.165) is 0 Å². The van der Waals surface area contributed by atoms with Crippen LogP contribution in [0.25, 0.3) is 10.9 Å². The highest BCUT2D eigenvalue weighted by molar-refractivity contribution is 5.98. The smallest absolute Gasteiger partial charge is 0.407 e. The molecule has 0 saturated carbocycles. The minimum absolute atomic E-state index is 0.179. The van der Waals surface area contributed by atoms with Crippen LogP contribution >= 0.6 is 0 Å². The van der Waals surface area contributed by atoms with Crippen LogP contribution in [0.1, 0.15) is 16.9 Å². The van der Waals surface area contributed by atoms with Crippen molar-refractivity contribution >= 4 is 22.9 Å². The Morgan fingerprint density at radius 2 is 2.17 bits per heavy atom. The van der Waals surface area contributed by atoms with E-state index in [1.807, 2.05) is 0 Å². The fraction of sp³-hybridized carbons (Fsp3) is 0.333. The number of fused-ring (bicyclic) bond motifs is 1. The van der Waals surface area contributed by atoms with E-state index in [1.165, 1.54) is 17.0 Å². The molecule has 0 unspecified atom stereocenters. The number of H-pyrrole nitrogens is 1. The molecule has 1 fully saturated rings. The van der Waals surface area contributed by atoms with Crippen LogP contribution in [-0.2, 0) is 0 Å². The molecule has 1 aliphatic rings. The summed E-state index contributed by atoms with van der Waals surface area (Å²) in [5.41, 5.74) is 6.94. The average molecular weight is 320 g/mol. The Morgan fingerprint density at radius 3 is 2.87 bits per heavy atom. The van der Waals surface area contributed by atoms with Gasteiger partial charge in [-0.15, -0.1) is 0 Å². The molecule has 2 amide bonds. The number of hydrogen-bond acceptors (Lipinski definition) is 3. The van der Waals surface area contributed by atoms with Crippen LogP contribution in [0.5, 0.6) is 0 Å². The quantitative estimate of drug-likeness (QED) is 0.664. The largest absolute Gasteiger partial charge is 0.465 e. The first-order valence-corrected chi connectivity index (χ1v) is 7.26. The Hall–Kier alpha value is -2.61. The normalized spacial score (nSPS) is 21.4. The van der Waals surface area contributed by atoms with Crippen molar-refractivity contribution in [3.63, 3.8) is 0 Å². The SMILES string of the molecule is N[C@@H]1CN(C(=O)O)CC[C@@H]1NC(=O)c1cc2cc(F)ccc2[nH]1. The number of aromatic amines is 1. The van der Waals surface area contributed by atoms with Crippen molar-refractivity contribution in [3.8, 4) is 0 Å². The highest BCUT2D eigenvalue weighted by Gasteiger charge is 2.30. The van der Waals surface area contributed by atoms with Gasteiger partial charge < -0.3 is 26.0 Å². The lowest BCUT2D eigenvalue weighted by Crippen LogP contribution is -2.58. The highest BCUT2D eigenvalue weighted by atomic mass is 19.1. The summed E-state index contributed by atoms with van der Waals surface area (Å²) in [6.45, 7) is 0.504. The Bertz CT molecular complexity index is 760. The van der Waals surface area contributed by atoms with Crippen molar-refractivity contribution in [1.29, 1.82) is 0 Å². The van der Waals surface area contributed by atoms with Gasteiger partial charge in [0, 0.05) is 36.1 Å². The van der Waals surface area contributed by atoms with E-state index >= 15 is 0 Å². The van der Waals surface area contributed by atoms with E-state index < -0.39 is 12.1 Å². The van der Waals surface area contributed by atoms with Crippen molar-refractivity contribution in [1.82, 2.24) is 15.2 Å². The molecular weight excluding hydrogens is 303 g/mol. The molecule has 1 saturated heterocycles. The minimum atomic E-state index is -1.01. The molecule has 0 aliphatic carbocycles. The first-order chi connectivity index (χ1) is 10.9. The summed E-state index contributed by atoms with van der Waals surface area (Å²) >= 11 is 0. The lowest BCUT2D eigenvalue weighted by atomic mass is 10.0. The fourth-order valence-corrected chi connectivity index (χ4v) is 2.81. The number of amides is 2. The predicted octanol–water partition coefficient (Wildman–Crippen LogP) is 1.12. The van der Waals surface area contributed by atoms with Gasteiger partial charge >= 0.3 is 6.09 Å². The molecule has 1 aromatic heterocycles. The monoisotopic (exact) mass is 320 g/mol. The molecule has 0 spiro atoms. The number of carbonyl (C=O) groups is 2. The third-order valence-corrected chi connectivity index (χ3v) is 4.07. The van der Waals surface area contributed by atoms with Crippen LogP contribution < -0.4 is 11.1 Å². The molecule has 7 nitrogen and oxygen atoms in total. The third kappa shape index (κ3) is 3.11. The van der Waals surface area contributed by atoms with E-state index in [2.05, 4.69) is 10.3 Å². The molecule has 23 heavy (non-hydrogen) atoms. The Morgan fingerprint density at radius 1 is 1.39 bits per heavy atom. The van der Waals surface area contributed by atoms with Crippen LogP contribution in [0.2, 0.25) is 0 Å². The lowest BCUT2D eigenvalue weighted by Gasteiger charge is -2.35. The zero-order chi connectivity index (χ0) is 16.6. The number of hydrogen-bond donors (Lipinski definition) is 4. The van der Waals surface area contributed by atoms with Crippen LogP contribution in [-0.4, -0.2) is 52.2 Å². The molecular formula is C15H17FN4O3. The van der Waals surface area contributed by atoms with Gasteiger partial charge in [0.25, 0.3) is 5.91 Å². The first kappa shape index (κ1) is 15.3. The number of carbonyl (C=O) groups excluding carboxylic acids is 1. The van der Waals surface area contributed by atoms with E-state index in [9.17, 15) is 14.0 Å².